The van der Waals surface area contributed by atoms with E-state index in [1.807, 2.05) is 13.0 Å². The first kappa shape index (κ1) is 14.9. The second-order valence-corrected chi connectivity index (χ2v) is 5.70. The zero-order chi connectivity index (χ0) is 15.4. The third kappa shape index (κ3) is 3.80. The fraction of sp³-hybridized carbons (Fsp3) is 0.412. The average molecular weight is 301 g/mol. The topological polar surface area (TPSA) is 42.2 Å². The third-order valence-corrected chi connectivity index (χ3v) is 4.04. The summed E-state index contributed by atoms with van der Waals surface area (Å²) in [6.07, 6.45) is 6.28. The molecule has 4 nitrogen and oxygen atoms in total. The van der Waals surface area contributed by atoms with E-state index in [1.54, 1.807) is 12.1 Å². The molecule has 22 heavy (non-hydrogen) atoms. The number of hydrogen-bond donors (Lipinski definition) is 0. The lowest BCUT2D eigenvalue weighted by molar-refractivity contribution is 0.227. The zero-order valence-electron chi connectivity index (χ0n) is 12.7. The van der Waals surface area contributed by atoms with Crippen molar-refractivity contribution in [3.05, 3.63) is 53.4 Å². The van der Waals surface area contributed by atoms with Gasteiger partial charge in [-0.25, -0.2) is 4.39 Å². The predicted molar refractivity (Wildman–Crippen MR) is 82.9 cm³/mol. The highest BCUT2D eigenvalue weighted by atomic mass is 19.1. The molecule has 0 saturated carbocycles. The van der Waals surface area contributed by atoms with Gasteiger partial charge >= 0.3 is 0 Å². The molecule has 2 heterocycles. The van der Waals surface area contributed by atoms with Crippen LogP contribution in [0.15, 0.2) is 34.9 Å². The Bertz CT molecular complexity index is 628. The Labute approximate surface area is 129 Å². The summed E-state index contributed by atoms with van der Waals surface area (Å²) in [5, 5.41) is 4.02. The number of hydrogen-bond acceptors (Lipinski definition) is 4. The lowest BCUT2D eigenvalue weighted by atomic mass is 9.96. The highest BCUT2D eigenvalue weighted by Crippen LogP contribution is 2.25. The molecule has 5 heteroatoms. The summed E-state index contributed by atoms with van der Waals surface area (Å²) >= 11 is 0. The van der Waals surface area contributed by atoms with Crippen molar-refractivity contribution < 1.29 is 8.91 Å². The van der Waals surface area contributed by atoms with Gasteiger partial charge in [0.25, 0.3) is 0 Å². The van der Waals surface area contributed by atoms with Crippen LogP contribution in [0.1, 0.15) is 36.0 Å². The highest BCUT2D eigenvalue weighted by molar-refractivity contribution is 5.48. The standard InChI is InChI=1S/C17H20FN3O/c1-13-19-17(20-22-13)15-8-11-21(12-9-15)10-2-3-14-4-6-16(18)7-5-14/h2-7,15H,8-12H2,1H3/b3-2+. The molecule has 2 aromatic rings. The molecule has 0 bridgehead atoms. The van der Waals surface area contributed by atoms with E-state index in [-0.39, 0.29) is 5.82 Å². The molecule has 0 spiro atoms. The van der Waals surface area contributed by atoms with Crippen molar-refractivity contribution in [2.45, 2.75) is 25.7 Å². The zero-order valence-corrected chi connectivity index (χ0v) is 12.7. The van der Waals surface area contributed by atoms with Crippen LogP contribution in [-0.4, -0.2) is 34.7 Å². The van der Waals surface area contributed by atoms with Crippen molar-refractivity contribution in [2.24, 2.45) is 0 Å². The second kappa shape index (κ2) is 6.83. The minimum atomic E-state index is -0.198. The van der Waals surface area contributed by atoms with Crippen LogP contribution in [0.4, 0.5) is 4.39 Å². The molecular weight excluding hydrogens is 281 g/mol. The summed E-state index contributed by atoms with van der Waals surface area (Å²) in [5.74, 6) is 1.70. The molecule has 0 atom stereocenters. The van der Waals surface area contributed by atoms with Gasteiger partial charge in [-0.15, -0.1) is 0 Å². The molecule has 1 fully saturated rings. The van der Waals surface area contributed by atoms with E-state index in [1.165, 1.54) is 12.1 Å². The predicted octanol–water partition coefficient (Wildman–Crippen LogP) is 3.41. The van der Waals surface area contributed by atoms with E-state index in [4.69, 9.17) is 4.52 Å². The SMILES string of the molecule is Cc1nc(C2CCN(C/C=C/c3ccc(F)cc3)CC2)no1. The number of rotatable bonds is 4. The van der Waals surface area contributed by atoms with Crippen molar-refractivity contribution in [1.29, 1.82) is 0 Å². The van der Waals surface area contributed by atoms with Crippen molar-refractivity contribution in [1.82, 2.24) is 15.0 Å². The van der Waals surface area contributed by atoms with Gasteiger partial charge in [-0.3, -0.25) is 4.90 Å². The van der Waals surface area contributed by atoms with Crippen LogP contribution in [-0.2, 0) is 0 Å². The molecule has 1 aliphatic rings. The van der Waals surface area contributed by atoms with Crippen molar-refractivity contribution in [3.8, 4) is 0 Å². The number of likely N-dealkylation sites (tertiary alicyclic amines) is 1. The molecule has 1 saturated heterocycles. The molecular formula is C17H20FN3O. The number of halogens is 1. The maximum absolute atomic E-state index is 12.8. The van der Waals surface area contributed by atoms with Gasteiger partial charge in [-0.1, -0.05) is 29.4 Å². The second-order valence-electron chi connectivity index (χ2n) is 5.70. The fourth-order valence-electron chi connectivity index (χ4n) is 2.77. The average Bonchev–Trinajstić information content (AvgIpc) is 2.97. The molecule has 1 aromatic heterocycles. The van der Waals surface area contributed by atoms with E-state index in [2.05, 4.69) is 21.1 Å². The molecule has 1 aliphatic heterocycles. The normalized spacial score (nSPS) is 17.4. The lowest BCUT2D eigenvalue weighted by Crippen LogP contribution is -2.33. The van der Waals surface area contributed by atoms with Gasteiger partial charge in [0.15, 0.2) is 5.82 Å². The maximum Gasteiger partial charge on any atom is 0.223 e. The third-order valence-electron chi connectivity index (χ3n) is 4.04. The first-order chi connectivity index (χ1) is 10.7. The van der Waals surface area contributed by atoms with E-state index < -0.39 is 0 Å². The number of aromatic nitrogens is 2. The molecule has 0 unspecified atom stereocenters. The fourth-order valence-corrected chi connectivity index (χ4v) is 2.77. The van der Waals surface area contributed by atoms with Gasteiger partial charge in [0.1, 0.15) is 5.82 Å². The van der Waals surface area contributed by atoms with Crippen molar-refractivity contribution in [2.75, 3.05) is 19.6 Å². The smallest absolute Gasteiger partial charge is 0.223 e. The maximum atomic E-state index is 12.8. The van der Waals surface area contributed by atoms with Crippen molar-refractivity contribution >= 4 is 6.08 Å². The first-order valence-electron chi connectivity index (χ1n) is 7.65. The Morgan fingerprint density at radius 2 is 2.00 bits per heavy atom. The summed E-state index contributed by atoms with van der Waals surface area (Å²) in [7, 11) is 0. The molecule has 0 radical (unpaired) electrons. The van der Waals surface area contributed by atoms with Crippen molar-refractivity contribution in [3.63, 3.8) is 0 Å². The van der Waals surface area contributed by atoms with E-state index in [0.717, 1.165) is 43.9 Å². The van der Waals surface area contributed by atoms with Crippen LogP contribution in [0.2, 0.25) is 0 Å². The molecule has 3 rings (SSSR count). The minimum Gasteiger partial charge on any atom is -0.340 e. The van der Waals surface area contributed by atoms with Crippen LogP contribution in [0.5, 0.6) is 0 Å². The molecule has 0 N–H and O–H groups in total. The number of nitrogens with zero attached hydrogens (tertiary/aromatic N) is 3. The summed E-state index contributed by atoms with van der Waals surface area (Å²) in [5.41, 5.74) is 1.03. The number of benzene rings is 1. The van der Waals surface area contributed by atoms with Gasteiger partial charge in [0.05, 0.1) is 0 Å². The van der Waals surface area contributed by atoms with Gasteiger partial charge in [-0.2, -0.15) is 4.98 Å². The van der Waals surface area contributed by atoms with E-state index >= 15 is 0 Å². The number of aryl methyl sites for hydroxylation is 1. The van der Waals surface area contributed by atoms with Crippen LogP contribution in [0.25, 0.3) is 6.08 Å². The number of piperidine rings is 1. The highest BCUT2D eigenvalue weighted by Gasteiger charge is 2.23. The summed E-state index contributed by atoms with van der Waals surface area (Å²) in [4.78, 5) is 6.73. The lowest BCUT2D eigenvalue weighted by Gasteiger charge is -2.29. The molecule has 0 aliphatic carbocycles. The first-order valence-corrected chi connectivity index (χ1v) is 7.65. The summed E-state index contributed by atoms with van der Waals surface area (Å²) in [6, 6.07) is 6.55. The van der Waals surface area contributed by atoms with E-state index in [9.17, 15) is 4.39 Å². The van der Waals surface area contributed by atoms with Gasteiger partial charge in [0.2, 0.25) is 5.89 Å². The van der Waals surface area contributed by atoms with E-state index in [0.29, 0.717) is 11.8 Å². The summed E-state index contributed by atoms with van der Waals surface area (Å²) in [6.45, 7) is 4.80. The van der Waals surface area contributed by atoms with Gasteiger partial charge < -0.3 is 4.52 Å². The van der Waals surface area contributed by atoms with Crippen LogP contribution in [0.3, 0.4) is 0 Å². The Morgan fingerprint density at radius 1 is 1.27 bits per heavy atom. The van der Waals surface area contributed by atoms with Crippen LogP contribution >= 0.6 is 0 Å². The van der Waals surface area contributed by atoms with Crippen LogP contribution in [0, 0.1) is 12.7 Å². The quantitative estimate of drug-likeness (QED) is 0.868. The Hall–Kier alpha value is -2.01. The molecule has 0 amide bonds. The Kier molecular flexibility index (Phi) is 4.63. The minimum absolute atomic E-state index is 0.198. The molecule has 116 valence electrons. The van der Waals surface area contributed by atoms with Gasteiger partial charge in [0, 0.05) is 19.4 Å². The Morgan fingerprint density at radius 3 is 2.64 bits per heavy atom. The Balaban J connectivity index is 1.46. The monoisotopic (exact) mass is 301 g/mol. The summed E-state index contributed by atoms with van der Waals surface area (Å²) < 4.78 is 17.9. The van der Waals surface area contributed by atoms with Gasteiger partial charge in [-0.05, 0) is 43.6 Å². The van der Waals surface area contributed by atoms with Crippen LogP contribution < -0.4 is 0 Å². The molecule has 1 aromatic carbocycles. The largest absolute Gasteiger partial charge is 0.340 e.